The molecule has 2 aromatic rings. The summed E-state index contributed by atoms with van der Waals surface area (Å²) in [6.07, 6.45) is 4.39. The second-order valence-corrected chi connectivity index (χ2v) is 8.09. The number of phenols is 1. The van der Waals surface area contributed by atoms with Crippen LogP contribution in [-0.4, -0.2) is 45.9 Å². The molecule has 3 N–H and O–H groups in total. The standard InChI is InChI=1S/C20H24N2O2/c1-3-11-9-22(2)18-8-15-14-6-12(24)4-5-17(14)21-20(15)19(22)7-13(11)16(18)10-23/h3-6,13,16,18-19,21,23H,7-10H2,1-2H3/p+1/b11-3-/t13-,16+,18-,19?,22?/m0/s1. The molecule has 3 fully saturated rings. The van der Waals surface area contributed by atoms with Crippen molar-refractivity contribution in [2.45, 2.75) is 31.8 Å². The van der Waals surface area contributed by atoms with E-state index in [-0.39, 0.29) is 6.61 Å². The molecule has 4 aliphatic rings. The molecule has 5 heterocycles. The fourth-order valence-electron chi connectivity index (χ4n) is 6.05. The van der Waals surface area contributed by atoms with E-state index >= 15 is 0 Å². The Morgan fingerprint density at radius 3 is 2.96 bits per heavy atom. The molecular formula is C20H25N2O2+. The number of phenolic OH excluding ortho intramolecular Hbond substituents is 1. The number of quaternary nitrogens is 1. The van der Waals surface area contributed by atoms with E-state index in [4.69, 9.17) is 0 Å². The van der Waals surface area contributed by atoms with Gasteiger partial charge in [-0.15, -0.1) is 0 Å². The third-order valence-corrected chi connectivity index (χ3v) is 7.21. The number of benzene rings is 1. The van der Waals surface area contributed by atoms with E-state index in [0.29, 0.717) is 29.7 Å². The van der Waals surface area contributed by atoms with Gasteiger partial charge in [-0.3, -0.25) is 0 Å². The molecular weight excluding hydrogens is 300 g/mol. The van der Waals surface area contributed by atoms with Gasteiger partial charge in [-0.1, -0.05) is 6.08 Å². The van der Waals surface area contributed by atoms with E-state index in [0.717, 1.165) is 34.8 Å². The molecule has 5 atom stereocenters. The largest absolute Gasteiger partial charge is 0.508 e. The quantitative estimate of drug-likeness (QED) is 0.558. The first-order valence-corrected chi connectivity index (χ1v) is 9.01. The highest BCUT2D eigenvalue weighted by molar-refractivity contribution is 5.86. The highest BCUT2D eigenvalue weighted by Gasteiger charge is 2.61. The average molecular weight is 325 g/mol. The highest BCUT2D eigenvalue weighted by Crippen LogP contribution is 2.57. The summed E-state index contributed by atoms with van der Waals surface area (Å²) in [6, 6.07) is 6.58. The molecule has 0 saturated carbocycles. The number of aromatic hydroxyl groups is 1. The molecule has 24 heavy (non-hydrogen) atoms. The first-order chi connectivity index (χ1) is 11.6. The number of nitrogens with one attached hydrogen (secondary N) is 1. The molecule has 3 saturated heterocycles. The number of piperidine rings is 3. The Bertz CT molecular complexity index is 868. The van der Waals surface area contributed by atoms with Crippen molar-refractivity contribution in [3.05, 3.63) is 41.1 Å². The van der Waals surface area contributed by atoms with Crippen LogP contribution in [0.2, 0.25) is 0 Å². The van der Waals surface area contributed by atoms with Crippen molar-refractivity contribution in [3.8, 4) is 5.75 Å². The number of aromatic nitrogens is 1. The van der Waals surface area contributed by atoms with E-state index in [1.165, 1.54) is 16.8 Å². The smallest absolute Gasteiger partial charge is 0.131 e. The van der Waals surface area contributed by atoms with Crippen molar-refractivity contribution in [3.63, 3.8) is 0 Å². The number of H-pyrrole nitrogens is 1. The Kier molecular flexibility index (Phi) is 2.82. The molecule has 2 unspecified atom stereocenters. The van der Waals surface area contributed by atoms with Crippen LogP contribution >= 0.6 is 0 Å². The molecule has 1 aromatic heterocycles. The van der Waals surface area contributed by atoms with E-state index in [2.05, 4.69) is 25.0 Å². The van der Waals surface area contributed by atoms with Crippen LogP contribution in [0.5, 0.6) is 5.75 Å². The number of fused-ring (bicyclic) bond motifs is 4. The number of aromatic amines is 1. The van der Waals surface area contributed by atoms with Gasteiger partial charge in [-0.25, -0.2) is 0 Å². The lowest BCUT2D eigenvalue weighted by Crippen LogP contribution is -2.70. The molecule has 4 aliphatic heterocycles. The summed E-state index contributed by atoms with van der Waals surface area (Å²) in [4.78, 5) is 3.67. The molecule has 6 rings (SSSR count). The Morgan fingerprint density at radius 1 is 1.38 bits per heavy atom. The SMILES string of the molecule is C/C=C1/C[N+]2(C)C3C[C@@H]1[C@@H](CO)[C@@H]2Cc1c3[nH]c2ccc(O)cc12. The van der Waals surface area contributed by atoms with Gasteiger partial charge in [0, 0.05) is 35.6 Å². The number of hydrogen-bond donors (Lipinski definition) is 3. The van der Waals surface area contributed by atoms with Gasteiger partial charge in [0.2, 0.25) is 0 Å². The van der Waals surface area contributed by atoms with Gasteiger partial charge in [-0.05, 0) is 36.3 Å². The summed E-state index contributed by atoms with van der Waals surface area (Å²) in [6.45, 7) is 3.52. The number of nitrogens with zero attached hydrogens (tertiary/aromatic N) is 1. The van der Waals surface area contributed by atoms with Crippen molar-refractivity contribution in [1.29, 1.82) is 0 Å². The fraction of sp³-hybridized carbons (Fsp3) is 0.500. The maximum Gasteiger partial charge on any atom is 0.131 e. The topological polar surface area (TPSA) is 56.2 Å². The van der Waals surface area contributed by atoms with E-state index in [1.54, 1.807) is 6.07 Å². The van der Waals surface area contributed by atoms with Crippen LogP contribution in [0.15, 0.2) is 29.8 Å². The number of hydrogen-bond acceptors (Lipinski definition) is 2. The van der Waals surface area contributed by atoms with Gasteiger partial charge in [0.05, 0.1) is 25.4 Å². The molecule has 0 radical (unpaired) electrons. The van der Waals surface area contributed by atoms with Crippen LogP contribution in [0.4, 0.5) is 0 Å². The number of allylic oxidation sites excluding steroid dienone is 1. The molecule has 4 heteroatoms. The Hall–Kier alpha value is -1.78. The average Bonchev–Trinajstić information content (AvgIpc) is 2.91. The van der Waals surface area contributed by atoms with Crippen molar-refractivity contribution >= 4 is 10.9 Å². The van der Waals surface area contributed by atoms with E-state index in [1.807, 2.05) is 12.1 Å². The van der Waals surface area contributed by atoms with Crippen molar-refractivity contribution in [1.82, 2.24) is 4.98 Å². The molecule has 4 bridgehead atoms. The fourth-order valence-corrected chi connectivity index (χ4v) is 6.05. The summed E-state index contributed by atoms with van der Waals surface area (Å²) >= 11 is 0. The van der Waals surface area contributed by atoms with Gasteiger partial charge in [0.25, 0.3) is 0 Å². The van der Waals surface area contributed by atoms with E-state index in [9.17, 15) is 10.2 Å². The Balaban J connectivity index is 1.73. The minimum atomic E-state index is 0.274. The van der Waals surface area contributed by atoms with Crippen LogP contribution in [0.25, 0.3) is 10.9 Å². The maximum atomic E-state index is 10.1. The third kappa shape index (κ3) is 1.60. The van der Waals surface area contributed by atoms with Crippen LogP contribution in [-0.2, 0) is 6.42 Å². The number of likely N-dealkylation sites (N-methyl/N-ethyl adjacent to an activating group) is 1. The van der Waals surface area contributed by atoms with Crippen molar-refractivity contribution in [2.24, 2.45) is 11.8 Å². The lowest BCUT2D eigenvalue weighted by Gasteiger charge is -2.62. The van der Waals surface area contributed by atoms with Gasteiger partial charge in [-0.2, -0.15) is 0 Å². The molecule has 1 aromatic carbocycles. The number of aliphatic hydroxyl groups excluding tert-OH is 1. The molecule has 4 nitrogen and oxygen atoms in total. The highest BCUT2D eigenvalue weighted by atomic mass is 16.3. The summed E-state index contributed by atoms with van der Waals surface area (Å²) in [5, 5.41) is 21.2. The van der Waals surface area contributed by atoms with Crippen LogP contribution in [0, 0.1) is 11.8 Å². The molecule has 0 spiro atoms. The van der Waals surface area contributed by atoms with Crippen LogP contribution in [0.1, 0.15) is 30.6 Å². The molecule has 0 amide bonds. The second-order valence-electron chi connectivity index (χ2n) is 8.09. The lowest BCUT2D eigenvalue weighted by molar-refractivity contribution is -0.978. The summed E-state index contributed by atoms with van der Waals surface area (Å²) < 4.78 is 1.02. The van der Waals surface area contributed by atoms with Crippen molar-refractivity contribution in [2.75, 3.05) is 20.2 Å². The zero-order valence-electron chi connectivity index (χ0n) is 14.3. The first-order valence-electron chi connectivity index (χ1n) is 9.01. The van der Waals surface area contributed by atoms with Gasteiger partial charge >= 0.3 is 0 Å². The maximum absolute atomic E-state index is 10.1. The van der Waals surface area contributed by atoms with Crippen LogP contribution < -0.4 is 0 Å². The van der Waals surface area contributed by atoms with Crippen LogP contribution in [0.3, 0.4) is 0 Å². The number of rotatable bonds is 1. The first kappa shape index (κ1) is 14.6. The second kappa shape index (κ2) is 4.64. The zero-order valence-corrected chi connectivity index (χ0v) is 14.3. The minimum Gasteiger partial charge on any atom is -0.508 e. The lowest BCUT2D eigenvalue weighted by atomic mass is 9.62. The van der Waals surface area contributed by atoms with Gasteiger partial charge in [0.15, 0.2) is 0 Å². The zero-order chi connectivity index (χ0) is 16.6. The summed E-state index contributed by atoms with van der Waals surface area (Å²) in [5.74, 6) is 1.20. The van der Waals surface area contributed by atoms with Gasteiger partial charge < -0.3 is 19.7 Å². The van der Waals surface area contributed by atoms with E-state index < -0.39 is 0 Å². The minimum absolute atomic E-state index is 0.274. The Labute approximate surface area is 142 Å². The Morgan fingerprint density at radius 2 is 2.21 bits per heavy atom. The summed E-state index contributed by atoms with van der Waals surface area (Å²) in [7, 11) is 2.38. The molecule has 0 aliphatic carbocycles. The monoisotopic (exact) mass is 325 g/mol. The number of aliphatic hydroxyl groups is 1. The van der Waals surface area contributed by atoms with Gasteiger partial charge in [0.1, 0.15) is 18.3 Å². The predicted octanol–water partition coefficient (Wildman–Crippen LogP) is 2.87. The predicted molar refractivity (Wildman–Crippen MR) is 93.7 cm³/mol. The normalized spacial score (nSPS) is 38.7. The molecule has 126 valence electrons. The third-order valence-electron chi connectivity index (χ3n) is 7.21. The van der Waals surface area contributed by atoms with Crippen molar-refractivity contribution < 1.29 is 14.7 Å². The summed E-state index contributed by atoms with van der Waals surface area (Å²) in [5.41, 5.74) is 5.39.